The van der Waals surface area contributed by atoms with Gasteiger partial charge in [-0.05, 0) is 59.3 Å². The van der Waals surface area contributed by atoms with Gasteiger partial charge >= 0.3 is 0 Å². The van der Waals surface area contributed by atoms with E-state index < -0.39 is 0 Å². The number of nitrogens with two attached hydrogens (primary N) is 1. The average Bonchev–Trinajstić information content (AvgIpc) is 2.79. The van der Waals surface area contributed by atoms with E-state index in [0.29, 0.717) is 0 Å². The first-order valence-electron chi connectivity index (χ1n) is 6.31. The van der Waals surface area contributed by atoms with E-state index in [-0.39, 0.29) is 0 Å². The molecular weight excluding hydrogens is 338 g/mol. The molecule has 2 N–H and O–H groups in total. The van der Waals surface area contributed by atoms with Gasteiger partial charge in [0.1, 0.15) is 5.82 Å². The van der Waals surface area contributed by atoms with Gasteiger partial charge in [0.2, 0.25) is 0 Å². The number of aromatic nitrogens is 2. The van der Waals surface area contributed by atoms with Crippen molar-refractivity contribution < 1.29 is 0 Å². The van der Waals surface area contributed by atoms with Crippen molar-refractivity contribution in [2.75, 3.05) is 5.73 Å². The number of imidazole rings is 1. The number of anilines is 1. The quantitative estimate of drug-likeness (QED) is 0.680. The number of fused-ring (bicyclic) bond motifs is 1. The number of nitrogens with zero attached hydrogens (tertiary/aromatic N) is 2. The fourth-order valence-electron chi connectivity index (χ4n) is 2.30. The molecule has 3 nitrogen and oxygen atoms in total. The Balaban J connectivity index is 2.27. The fourth-order valence-corrected chi connectivity index (χ4v) is 2.85. The summed E-state index contributed by atoms with van der Waals surface area (Å²) in [6.45, 7) is 2.92. The Morgan fingerprint density at radius 1 is 1.25 bits per heavy atom. The Labute approximate surface area is 130 Å². The summed E-state index contributed by atoms with van der Waals surface area (Å²) in [5.74, 6) is 0.922. The molecule has 0 radical (unpaired) electrons. The third-order valence-electron chi connectivity index (χ3n) is 3.29. The van der Waals surface area contributed by atoms with Crippen molar-refractivity contribution in [1.29, 1.82) is 0 Å². The van der Waals surface area contributed by atoms with Gasteiger partial charge in [-0.2, -0.15) is 0 Å². The molecule has 0 aliphatic heterocycles. The SMILES string of the molecule is CCn1c(-c2ccc(N)c(Br)c2)nc2ccc(Cl)cc21. The summed E-state index contributed by atoms with van der Waals surface area (Å²) in [5.41, 5.74) is 9.58. The van der Waals surface area contributed by atoms with Gasteiger partial charge in [-0.1, -0.05) is 11.6 Å². The van der Waals surface area contributed by atoms with Crippen LogP contribution in [0.25, 0.3) is 22.4 Å². The Bertz CT molecular complexity index is 795. The van der Waals surface area contributed by atoms with E-state index in [1.807, 2.05) is 36.4 Å². The molecule has 3 aromatic rings. The molecule has 0 unspecified atom stereocenters. The summed E-state index contributed by atoms with van der Waals surface area (Å²) in [7, 11) is 0. The standard InChI is InChI=1S/C15H13BrClN3/c1-2-20-14-8-10(17)4-6-13(14)19-15(20)9-3-5-12(18)11(16)7-9/h3-8H,2,18H2,1H3. The topological polar surface area (TPSA) is 43.8 Å². The molecule has 1 aromatic heterocycles. The van der Waals surface area contributed by atoms with Crippen LogP contribution in [0, 0.1) is 0 Å². The second-order valence-corrected chi connectivity index (χ2v) is 5.84. The zero-order valence-electron chi connectivity index (χ0n) is 10.9. The summed E-state index contributed by atoms with van der Waals surface area (Å²) in [6.07, 6.45) is 0. The molecular formula is C15H13BrClN3. The minimum absolute atomic E-state index is 0.718. The first-order valence-corrected chi connectivity index (χ1v) is 7.48. The largest absolute Gasteiger partial charge is 0.398 e. The molecule has 102 valence electrons. The van der Waals surface area contributed by atoms with Crippen LogP contribution in [0.5, 0.6) is 0 Å². The van der Waals surface area contributed by atoms with Crippen molar-refractivity contribution in [3.05, 3.63) is 45.9 Å². The number of benzene rings is 2. The summed E-state index contributed by atoms with van der Waals surface area (Å²) in [6, 6.07) is 11.6. The fraction of sp³-hybridized carbons (Fsp3) is 0.133. The lowest BCUT2D eigenvalue weighted by Crippen LogP contribution is -1.98. The maximum absolute atomic E-state index is 6.08. The van der Waals surface area contributed by atoms with Gasteiger partial charge in [-0.25, -0.2) is 4.98 Å². The predicted octanol–water partition coefficient (Wildman–Crippen LogP) is 4.72. The van der Waals surface area contributed by atoms with Crippen molar-refractivity contribution in [3.63, 3.8) is 0 Å². The average molecular weight is 351 g/mol. The van der Waals surface area contributed by atoms with Gasteiger partial charge in [0, 0.05) is 27.3 Å². The van der Waals surface area contributed by atoms with Crippen LogP contribution in [0.1, 0.15) is 6.92 Å². The maximum atomic E-state index is 6.08. The molecule has 0 atom stereocenters. The second kappa shape index (κ2) is 5.11. The van der Waals surface area contributed by atoms with Crippen molar-refractivity contribution in [2.45, 2.75) is 13.5 Å². The monoisotopic (exact) mass is 349 g/mol. The summed E-state index contributed by atoms with van der Waals surface area (Å²) < 4.78 is 3.03. The molecule has 0 aliphatic rings. The minimum Gasteiger partial charge on any atom is -0.398 e. The van der Waals surface area contributed by atoms with Crippen molar-refractivity contribution in [1.82, 2.24) is 9.55 Å². The van der Waals surface area contributed by atoms with Crippen molar-refractivity contribution in [3.8, 4) is 11.4 Å². The highest BCUT2D eigenvalue weighted by molar-refractivity contribution is 9.10. The third kappa shape index (κ3) is 2.19. The lowest BCUT2D eigenvalue weighted by molar-refractivity contribution is 0.796. The van der Waals surface area contributed by atoms with Crippen LogP contribution in [0.4, 0.5) is 5.69 Å². The second-order valence-electron chi connectivity index (χ2n) is 4.55. The van der Waals surface area contributed by atoms with Gasteiger partial charge in [0.05, 0.1) is 11.0 Å². The molecule has 5 heteroatoms. The lowest BCUT2D eigenvalue weighted by atomic mass is 10.2. The number of hydrogen-bond donors (Lipinski definition) is 1. The number of nitrogen functional groups attached to an aromatic ring is 1. The van der Waals surface area contributed by atoms with Crippen LogP contribution < -0.4 is 5.73 Å². The molecule has 0 fully saturated rings. The Hall–Kier alpha value is -1.52. The summed E-state index contributed by atoms with van der Waals surface area (Å²) >= 11 is 9.55. The molecule has 3 rings (SSSR count). The Kier molecular flexibility index (Phi) is 3.44. The van der Waals surface area contributed by atoms with Gasteiger partial charge in [0.15, 0.2) is 0 Å². The van der Waals surface area contributed by atoms with Crippen LogP contribution in [-0.4, -0.2) is 9.55 Å². The summed E-state index contributed by atoms with van der Waals surface area (Å²) in [5, 5.41) is 0.720. The highest BCUT2D eigenvalue weighted by atomic mass is 79.9. The smallest absolute Gasteiger partial charge is 0.141 e. The van der Waals surface area contributed by atoms with Crippen LogP contribution in [0.2, 0.25) is 5.02 Å². The van der Waals surface area contributed by atoms with E-state index in [2.05, 4.69) is 27.4 Å². The molecule has 0 amide bonds. The minimum atomic E-state index is 0.718. The highest BCUT2D eigenvalue weighted by Crippen LogP contribution is 2.30. The molecule has 0 aliphatic carbocycles. The van der Waals surface area contributed by atoms with E-state index in [9.17, 15) is 0 Å². The number of aryl methyl sites for hydroxylation is 1. The third-order valence-corrected chi connectivity index (χ3v) is 4.21. The lowest BCUT2D eigenvalue weighted by Gasteiger charge is -2.07. The predicted molar refractivity (Wildman–Crippen MR) is 88.0 cm³/mol. The van der Waals surface area contributed by atoms with Gasteiger partial charge in [-0.15, -0.1) is 0 Å². The zero-order chi connectivity index (χ0) is 14.3. The normalized spacial score (nSPS) is 11.2. The van der Waals surface area contributed by atoms with Crippen molar-refractivity contribution in [2.24, 2.45) is 0 Å². The Morgan fingerprint density at radius 2 is 2.05 bits per heavy atom. The first-order chi connectivity index (χ1) is 9.60. The molecule has 1 heterocycles. The van der Waals surface area contributed by atoms with E-state index in [1.54, 1.807) is 0 Å². The number of halogens is 2. The maximum Gasteiger partial charge on any atom is 0.141 e. The van der Waals surface area contributed by atoms with E-state index in [1.165, 1.54) is 0 Å². The Morgan fingerprint density at radius 3 is 2.75 bits per heavy atom. The molecule has 2 aromatic carbocycles. The van der Waals surface area contributed by atoms with E-state index in [4.69, 9.17) is 22.3 Å². The van der Waals surface area contributed by atoms with Crippen LogP contribution in [0.3, 0.4) is 0 Å². The molecule has 0 bridgehead atoms. The van der Waals surface area contributed by atoms with E-state index in [0.717, 1.165) is 44.1 Å². The van der Waals surface area contributed by atoms with Gasteiger partial charge in [-0.3, -0.25) is 0 Å². The van der Waals surface area contributed by atoms with Crippen LogP contribution >= 0.6 is 27.5 Å². The van der Waals surface area contributed by atoms with Crippen molar-refractivity contribution >= 4 is 44.3 Å². The first kappa shape index (κ1) is 13.5. The number of rotatable bonds is 2. The van der Waals surface area contributed by atoms with Crippen LogP contribution in [0.15, 0.2) is 40.9 Å². The van der Waals surface area contributed by atoms with Gasteiger partial charge in [0.25, 0.3) is 0 Å². The molecule has 0 spiro atoms. The highest BCUT2D eigenvalue weighted by Gasteiger charge is 2.12. The van der Waals surface area contributed by atoms with E-state index >= 15 is 0 Å². The molecule has 0 saturated heterocycles. The number of hydrogen-bond acceptors (Lipinski definition) is 2. The van der Waals surface area contributed by atoms with Gasteiger partial charge < -0.3 is 10.3 Å². The van der Waals surface area contributed by atoms with Crippen LogP contribution in [-0.2, 0) is 6.54 Å². The summed E-state index contributed by atoms with van der Waals surface area (Å²) in [4.78, 5) is 4.71. The zero-order valence-corrected chi connectivity index (χ0v) is 13.2. The molecule has 0 saturated carbocycles. The molecule has 20 heavy (non-hydrogen) atoms.